The van der Waals surface area contributed by atoms with E-state index in [0.29, 0.717) is 6.42 Å². The quantitative estimate of drug-likeness (QED) is 0.759. The lowest BCUT2D eigenvalue weighted by molar-refractivity contribution is -0.121. The van der Waals surface area contributed by atoms with Crippen LogP contribution in [0.1, 0.15) is 53.4 Å². The summed E-state index contributed by atoms with van der Waals surface area (Å²) in [7, 11) is 0. The molecule has 1 saturated carbocycles. The molecule has 2 heteroatoms. The van der Waals surface area contributed by atoms with Crippen molar-refractivity contribution in [1.29, 1.82) is 0 Å². The zero-order valence-electron chi connectivity index (χ0n) is 11.4. The minimum atomic E-state index is -0.449. The lowest BCUT2D eigenvalue weighted by atomic mass is 9.58. The maximum atomic E-state index is 11.9. The van der Waals surface area contributed by atoms with Crippen LogP contribution in [0.5, 0.6) is 0 Å². The molecule has 1 fully saturated rings. The van der Waals surface area contributed by atoms with Gasteiger partial charge < -0.3 is 5.11 Å². The summed E-state index contributed by atoms with van der Waals surface area (Å²) in [6.45, 7) is 8.63. The molecule has 2 aliphatic carbocycles. The van der Waals surface area contributed by atoms with Crippen LogP contribution in [0.2, 0.25) is 0 Å². The van der Waals surface area contributed by atoms with Crippen molar-refractivity contribution in [3.8, 4) is 0 Å². The van der Waals surface area contributed by atoms with E-state index in [1.54, 1.807) is 6.08 Å². The Morgan fingerprint density at radius 2 is 1.94 bits per heavy atom. The second-order valence-corrected chi connectivity index (χ2v) is 6.73. The van der Waals surface area contributed by atoms with Crippen LogP contribution >= 0.6 is 0 Å². The predicted molar refractivity (Wildman–Crippen MR) is 68.6 cm³/mol. The first-order chi connectivity index (χ1) is 7.78. The van der Waals surface area contributed by atoms with Gasteiger partial charge in [-0.25, -0.2) is 0 Å². The SMILES string of the molecule is CC1=C[C@H](O)[C@H]([C@@]2(C)CCCC2(C)C)CC1=O. The van der Waals surface area contributed by atoms with Crippen LogP contribution in [0.25, 0.3) is 0 Å². The molecule has 0 aromatic heterocycles. The highest BCUT2D eigenvalue weighted by molar-refractivity contribution is 5.96. The van der Waals surface area contributed by atoms with Gasteiger partial charge in [-0.1, -0.05) is 27.2 Å². The number of hydrogen-bond donors (Lipinski definition) is 1. The van der Waals surface area contributed by atoms with E-state index in [0.717, 1.165) is 12.0 Å². The molecule has 2 nitrogen and oxygen atoms in total. The average Bonchev–Trinajstić information content (AvgIpc) is 2.48. The zero-order chi connectivity index (χ0) is 12.8. The highest BCUT2D eigenvalue weighted by Gasteiger charge is 2.52. The number of aliphatic hydroxyl groups is 1. The molecule has 0 aromatic carbocycles. The van der Waals surface area contributed by atoms with Crippen LogP contribution in [0, 0.1) is 16.7 Å². The van der Waals surface area contributed by atoms with Crippen molar-refractivity contribution in [3.63, 3.8) is 0 Å². The summed E-state index contributed by atoms with van der Waals surface area (Å²) in [4.78, 5) is 11.9. The van der Waals surface area contributed by atoms with Crippen molar-refractivity contribution < 1.29 is 9.90 Å². The van der Waals surface area contributed by atoms with Gasteiger partial charge in [0.1, 0.15) is 0 Å². The molecule has 0 unspecified atom stereocenters. The highest BCUT2D eigenvalue weighted by Crippen LogP contribution is 2.58. The number of allylic oxidation sites excluding steroid dienone is 1. The van der Waals surface area contributed by atoms with E-state index in [2.05, 4.69) is 20.8 Å². The summed E-state index contributed by atoms with van der Waals surface area (Å²) in [5, 5.41) is 10.3. The Morgan fingerprint density at radius 1 is 1.29 bits per heavy atom. The van der Waals surface area contributed by atoms with Gasteiger partial charge in [0.05, 0.1) is 6.10 Å². The standard InChI is InChI=1S/C15H24O2/c1-10-8-13(17)11(9-12(10)16)15(4)7-5-6-14(15,2)3/h8,11,13,17H,5-7,9H2,1-4H3/t11-,13+,15-/m1/s1. The Morgan fingerprint density at radius 3 is 2.47 bits per heavy atom. The number of carbonyl (C=O) groups excluding carboxylic acids is 1. The first-order valence-corrected chi connectivity index (χ1v) is 6.68. The van der Waals surface area contributed by atoms with Gasteiger partial charge in [-0.3, -0.25) is 4.79 Å². The Hall–Kier alpha value is -0.630. The number of aliphatic hydroxyl groups excluding tert-OH is 1. The van der Waals surface area contributed by atoms with Crippen LogP contribution in [0.3, 0.4) is 0 Å². The van der Waals surface area contributed by atoms with E-state index in [4.69, 9.17) is 0 Å². The second kappa shape index (κ2) is 3.94. The maximum Gasteiger partial charge on any atom is 0.158 e. The highest BCUT2D eigenvalue weighted by atomic mass is 16.3. The summed E-state index contributed by atoms with van der Waals surface area (Å²) in [6, 6.07) is 0. The molecule has 1 N–H and O–H groups in total. The smallest absolute Gasteiger partial charge is 0.158 e. The number of rotatable bonds is 1. The molecule has 0 amide bonds. The van der Waals surface area contributed by atoms with Gasteiger partial charge in [0.2, 0.25) is 0 Å². The molecule has 0 bridgehead atoms. The van der Waals surface area contributed by atoms with Crippen molar-refractivity contribution >= 4 is 5.78 Å². The van der Waals surface area contributed by atoms with Gasteiger partial charge in [0.15, 0.2) is 5.78 Å². The third-order valence-electron chi connectivity index (χ3n) is 5.54. The molecular formula is C15H24O2. The normalized spacial score (nSPS) is 41.5. The van der Waals surface area contributed by atoms with E-state index in [1.807, 2.05) is 6.92 Å². The first-order valence-electron chi connectivity index (χ1n) is 6.68. The molecule has 0 heterocycles. The molecule has 0 aliphatic heterocycles. The minimum absolute atomic E-state index is 0.0826. The molecule has 0 saturated heterocycles. The summed E-state index contributed by atoms with van der Waals surface area (Å²) in [5.74, 6) is 0.306. The zero-order valence-corrected chi connectivity index (χ0v) is 11.4. The van der Waals surface area contributed by atoms with Crippen LogP contribution in [0.15, 0.2) is 11.6 Å². The van der Waals surface area contributed by atoms with Crippen molar-refractivity contribution in [1.82, 2.24) is 0 Å². The molecule has 0 radical (unpaired) electrons. The summed E-state index contributed by atoms with van der Waals surface area (Å²) >= 11 is 0. The fraction of sp³-hybridized carbons (Fsp3) is 0.800. The number of carbonyl (C=O) groups is 1. The molecule has 3 atom stereocenters. The van der Waals surface area contributed by atoms with E-state index in [-0.39, 0.29) is 22.5 Å². The summed E-state index contributed by atoms with van der Waals surface area (Å²) < 4.78 is 0. The Kier molecular flexibility index (Phi) is 2.97. The van der Waals surface area contributed by atoms with E-state index >= 15 is 0 Å². The number of hydrogen-bond acceptors (Lipinski definition) is 2. The van der Waals surface area contributed by atoms with Crippen molar-refractivity contribution in [2.45, 2.75) is 59.5 Å². The van der Waals surface area contributed by atoms with Crippen molar-refractivity contribution in [2.24, 2.45) is 16.7 Å². The molecule has 0 spiro atoms. The van der Waals surface area contributed by atoms with Crippen LogP contribution in [-0.2, 0) is 4.79 Å². The lowest BCUT2D eigenvalue weighted by Crippen LogP contribution is -2.45. The number of ketones is 1. The Bertz CT molecular complexity index is 367. The van der Waals surface area contributed by atoms with Crippen LogP contribution < -0.4 is 0 Å². The van der Waals surface area contributed by atoms with Crippen LogP contribution in [0.4, 0.5) is 0 Å². The molecule has 2 rings (SSSR count). The predicted octanol–water partition coefficient (Wildman–Crippen LogP) is 3.10. The first kappa shape index (κ1) is 12.8. The largest absolute Gasteiger partial charge is 0.389 e. The fourth-order valence-corrected chi connectivity index (χ4v) is 3.76. The third kappa shape index (κ3) is 1.87. The monoisotopic (exact) mass is 236 g/mol. The average molecular weight is 236 g/mol. The fourth-order valence-electron chi connectivity index (χ4n) is 3.76. The van der Waals surface area contributed by atoms with Crippen molar-refractivity contribution in [3.05, 3.63) is 11.6 Å². The van der Waals surface area contributed by atoms with Gasteiger partial charge in [-0.15, -0.1) is 0 Å². The lowest BCUT2D eigenvalue weighted by Gasteiger charge is -2.47. The van der Waals surface area contributed by atoms with Gasteiger partial charge in [0.25, 0.3) is 0 Å². The molecule has 2 aliphatic rings. The molecular weight excluding hydrogens is 212 g/mol. The minimum Gasteiger partial charge on any atom is -0.389 e. The van der Waals surface area contributed by atoms with E-state index < -0.39 is 6.10 Å². The van der Waals surface area contributed by atoms with Gasteiger partial charge in [0, 0.05) is 12.3 Å². The maximum absolute atomic E-state index is 11.9. The van der Waals surface area contributed by atoms with Gasteiger partial charge in [-0.05, 0) is 42.2 Å². The van der Waals surface area contributed by atoms with Crippen molar-refractivity contribution in [2.75, 3.05) is 0 Å². The Labute approximate surface area is 104 Å². The topological polar surface area (TPSA) is 37.3 Å². The second-order valence-electron chi connectivity index (χ2n) is 6.73. The number of Topliss-reactive ketones (excluding diaryl/α,β-unsaturated/α-hetero) is 1. The third-order valence-corrected chi connectivity index (χ3v) is 5.54. The molecule has 96 valence electrons. The van der Waals surface area contributed by atoms with E-state index in [9.17, 15) is 9.90 Å². The van der Waals surface area contributed by atoms with Gasteiger partial charge >= 0.3 is 0 Å². The Balaban J connectivity index is 2.32. The van der Waals surface area contributed by atoms with Crippen LogP contribution in [-0.4, -0.2) is 17.0 Å². The molecule has 17 heavy (non-hydrogen) atoms. The van der Waals surface area contributed by atoms with E-state index in [1.165, 1.54) is 12.8 Å². The summed E-state index contributed by atoms with van der Waals surface area (Å²) in [6.07, 6.45) is 5.37. The van der Waals surface area contributed by atoms with Gasteiger partial charge in [-0.2, -0.15) is 0 Å². The molecule has 0 aromatic rings. The summed E-state index contributed by atoms with van der Waals surface area (Å²) in [5.41, 5.74) is 1.03.